The van der Waals surface area contributed by atoms with Crippen LogP contribution in [0.5, 0.6) is 0 Å². The van der Waals surface area contributed by atoms with Crippen LogP contribution in [0.15, 0.2) is 0 Å². The minimum Gasteiger partial charge on any atom is -0.393 e. The summed E-state index contributed by atoms with van der Waals surface area (Å²) in [5.41, 5.74) is 0. The number of nitrogens with zero attached hydrogens (tertiary/aromatic N) is 1. The molecule has 2 heterocycles. The molecule has 3 nitrogen and oxygen atoms in total. The maximum Gasteiger partial charge on any atom is 0.0624 e. The summed E-state index contributed by atoms with van der Waals surface area (Å²) < 4.78 is 5.43. The van der Waals surface area contributed by atoms with Gasteiger partial charge < -0.3 is 14.7 Å². The smallest absolute Gasteiger partial charge is 0.0624 e. The SMILES string of the molecule is CC1CN(CC2COCCC2O)CC1C. The van der Waals surface area contributed by atoms with Gasteiger partial charge in [-0.1, -0.05) is 13.8 Å². The van der Waals surface area contributed by atoms with Gasteiger partial charge in [-0.25, -0.2) is 0 Å². The summed E-state index contributed by atoms with van der Waals surface area (Å²) in [5.74, 6) is 1.93. The molecule has 2 aliphatic heterocycles. The second-order valence-corrected chi connectivity index (χ2v) is 5.36. The summed E-state index contributed by atoms with van der Waals surface area (Å²) >= 11 is 0. The van der Waals surface area contributed by atoms with Crippen LogP contribution >= 0.6 is 0 Å². The largest absolute Gasteiger partial charge is 0.393 e. The zero-order valence-corrected chi connectivity index (χ0v) is 9.85. The maximum absolute atomic E-state index is 9.85. The van der Waals surface area contributed by atoms with Crippen LogP contribution in [0.4, 0.5) is 0 Å². The van der Waals surface area contributed by atoms with Crippen molar-refractivity contribution >= 4 is 0 Å². The van der Waals surface area contributed by atoms with Gasteiger partial charge in [-0.3, -0.25) is 0 Å². The molecule has 0 aromatic heterocycles. The predicted octanol–water partition coefficient (Wildman–Crippen LogP) is 0.972. The monoisotopic (exact) mass is 213 g/mol. The summed E-state index contributed by atoms with van der Waals surface area (Å²) in [7, 11) is 0. The van der Waals surface area contributed by atoms with E-state index in [0.717, 1.165) is 38.0 Å². The van der Waals surface area contributed by atoms with Crippen LogP contribution in [-0.4, -0.2) is 49.0 Å². The number of hydrogen-bond acceptors (Lipinski definition) is 3. The van der Waals surface area contributed by atoms with E-state index in [1.54, 1.807) is 0 Å². The molecule has 2 aliphatic rings. The van der Waals surface area contributed by atoms with Crippen molar-refractivity contribution < 1.29 is 9.84 Å². The molecule has 0 aliphatic carbocycles. The lowest BCUT2D eigenvalue weighted by Gasteiger charge is -2.31. The van der Waals surface area contributed by atoms with Crippen molar-refractivity contribution in [1.29, 1.82) is 0 Å². The first-order valence-corrected chi connectivity index (χ1v) is 6.15. The minimum absolute atomic E-state index is 0.148. The summed E-state index contributed by atoms with van der Waals surface area (Å²) in [6.07, 6.45) is 0.661. The highest BCUT2D eigenvalue weighted by atomic mass is 16.5. The summed E-state index contributed by atoms with van der Waals surface area (Å²) in [6, 6.07) is 0. The first kappa shape index (κ1) is 11.4. The van der Waals surface area contributed by atoms with Crippen molar-refractivity contribution in [2.45, 2.75) is 26.4 Å². The lowest BCUT2D eigenvalue weighted by Crippen LogP contribution is -2.40. The first-order valence-electron chi connectivity index (χ1n) is 6.15. The Hall–Kier alpha value is -0.120. The normalized spacial score (nSPS) is 43.4. The second kappa shape index (κ2) is 4.81. The Balaban J connectivity index is 1.81. The summed E-state index contributed by atoms with van der Waals surface area (Å²) in [5, 5.41) is 9.85. The Morgan fingerprint density at radius 2 is 1.93 bits per heavy atom. The van der Waals surface area contributed by atoms with Crippen molar-refractivity contribution in [1.82, 2.24) is 4.90 Å². The average Bonchev–Trinajstić information content (AvgIpc) is 2.50. The highest BCUT2D eigenvalue weighted by Gasteiger charge is 2.31. The molecule has 15 heavy (non-hydrogen) atoms. The Kier molecular flexibility index (Phi) is 3.65. The molecule has 0 radical (unpaired) electrons. The van der Waals surface area contributed by atoms with Crippen LogP contribution in [0.25, 0.3) is 0 Å². The van der Waals surface area contributed by atoms with E-state index < -0.39 is 0 Å². The molecule has 2 saturated heterocycles. The maximum atomic E-state index is 9.85. The lowest BCUT2D eigenvalue weighted by atomic mass is 9.98. The van der Waals surface area contributed by atoms with E-state index in [1.165, 1.54) is 13.1 Å². The van der Waals surface area contributed by atoms with Crippen molar-refractivity contribution in [3.05, 3.63) is 0 Å². The summed E-state index contributed by atoms with van der Waals surface area (Å²) in [6.45, 7) is 9.48. The van der Waals surface area contributed by atoms with Crippen molar-refractivity contribution in [3.63, 3.8) is 0 Å². The Morgan fingerprint density at radius 1 is 1.27 bits per heavy atom. The average molecular weight is 213 g/mol. The van der Waals surface area contributed by atoms with Gasteiger partial charge in [0, 0.05) is 32.2 Å². The van der Waals surface area contributed by atoms with E-state index in [9.17, 15) is 5.11 Å². The van der Waals surface area contributed by atoms with Gasteiger partial charge in [-0.15, -0.1) is 0 Å². The molecule has 88 valence electrons. The Morgan fingerprint density at radius 3 is 2.53 bits per heavy atom. The van der Waals surface area contributed by atoms with Gasteiger partial charge in [-0.2, -0.15) is 0 Å². The van der Waals surface area contributed by atoms with Crippen LogP contribution in [0.3, 0.4) is 0 Å². The van der Waals surface area contributed by atoms with Crippen molar-refractivity contribution in [3.8, 4) is 0 Å². The third-order valence-electron chi connectivity index (χ3n) is 3.99. The molecule has 1 N–H and O–H groups in total. The molecule has 0 aromatic rings. The van der Waals surface area contributed by atoms with Crippen LogP contribution in [0, 0.1) is 17.8 Å². The van der Waals surface area contributed by atoms with Gasteiger partial charge in [-0.05, 0) is 18.3 Å². The third-order valence-corrected chi connectivity index (χ3v) is 3.99. The zero-order chi connectivity index (χ0) is 10.8. The molecule has 0 amide bonds. The molecule has 3 heteroatoms. The summed E-state index contributed by atoms with van der Waals surface area (Å²) in [4.78, 5) is 2.48. The zero-order valence-electron chi connectivity index (χ0n) is 9.85. The Bertz CT molecular complexity index is 200. The molecular formula is C12H23NO2. The van der Waals surface area contributed by atoms with Gasteiger partial charge in [0.05, 0.1) is 12.7 Å². The van der Waals surface area contributed by atoms with Crippen molar-refractivity contribution in [2.24, 2.45) is 17.8 Å². The Labute approximate surface area is 92.4 Å². The van der Waals surface area contributed by atoms with Crippen molar-refractivity contribution in [2.75, 3.05) is 32.8 Å². The van der Waals surface area contributed by atoms with Crippen LogP contribution < -0.4 is 0 Å². The topological polar surface area (TPSA) is 32.7 Å². The molecule has 4 unspecified atom stereocenters. The quantitative estimate of drug-likeness (QED) is 0.742. The van der Waals surface area contributed by atoms with E-state index in [1.807, 2.05) is 0 Å². The van der Waals surface area contributed by atoms with E-state index in [2.05, 4.69) is 18.7 Å². The first-order chi connectivity index (χ1) is 7.16. The van der Waals surface area contributed by atoms with Crippen LogP contribution in [-0.2, 0) is 4.74 Å². The highest BCUT2D eigenvalue weighted by molar-refractivity contribution is 4.83. The third kappa shape index (κ3) is 2.71. The molecule has 2 fully saturated rings. The fraction of sp³-hybridized carbons (Fsp3) is 1.00. The van der Waals surface area contributed by atoms with E-state index in [4.69, 9.17) is 4.74 Å². The van der Waals surface area contributed by atoms with Gasteiger partial charge in [0.25, 0.3) is 0 Å². The molecular weight excluding hydrogens is 190 g/mol. The van der Waals surface area contributed by atoms with Gasteiger partial charge in [0.15, 0.2) is 0 Å². The van der Waals surface area contributed by atoms with Gasteiger partial charge in [0.1, 0.15) is 0 Å². The fourth-order valence-electron chi connectivity index (χ4n) is 2.69. The number of aliphatic hydroxyl groups excluding tert-OH is 1. The van der Waals surface area contributed by atoms with E-state index in [-0.39, 0.29) is 6.10 Å². The number of rotatable bonds is 2. The number of hydrogen-bond donors (Lipinski definition) is 1. The number of likely N-dealkylation sites (tertiary alicyclic amines) is 1. The standard InChI is InChI=1S/C12H23NO2/c1-9-5-13(6-10(9)2)7-11-8-15-4-3-12(11)14/h9-12,14H,3-8H2,1-2H3. The minimum atomic E-state index is -0.148. The fourth-order valence-corrected chi connectivity index (χ4v) is 2.69. The van der Waals surface area contributed by atoms with E-state index in [0.29, 0.717) is 5.92 Å². The highest BCUT2D eigenvalue weighted by Crippen LogP contribution is 2.24. The molecule has 0 aromatic carbocycles. The predicted molar refractivity (Wildman–Crippen MR) is 59.7 cm³/mol. The van der Waals surface area contributed by atoms with Crippen LogP contribution in [0.2, 0.25) is 0 Å². The number of ether oxygens (including phenoxy) is 1. The molecule has 2 rings (SSSR count). The van der Waals surface area contributed by atoms with Crippen LogP contribution in [0.1, 0.15) is 20.3 Å². The molecule has 0 spiro atoms. The van der Waals surface area contributed by atoms with Gasteiger partial charge >= 0.3 is 0 Å². The lowest BCUT2D eigenvalue weighted by molar-refractivity contribution is -0.0450. The number of aliphatic hydroxyl groups is 1. The van der Waals surface area contributed by atoms with Gasteiger partial charge in [0.2, 0.25) is 0 Å². The molecule has 4 atom stereocenters. The molecule has 0 saturated carbocycles. The van der Waals surface area contributed by atoms with E-state index >= 15 is 0 Å². The second-order valence-electron chi connectivity index (χ2n) is 5.36. The molecule has 0 bridgehead atoms.